The summed E-state index contributed by atoms with van der Waals surface area (Å²) in [5, 5.41) is 0. The highest BCUT2D eigenvalue weighted by Gasteiger charge is 2.16. The van der Waals surface area contributed by atoms with E-state index in [-0.39, 0.29) is 17.0 Å². The quantitative estimate of drug-likeness (QED) is 0.641. The van der Waals surface area contributed by atoms with Crippen molar-refractivity contribution < 1.29 is 13.6 Å². The average Bonchev–Trinajstić information content (AvgIpc) is 2.61. The Labute approximate surface area is 98.0 Å². The first-order chi connectivity index (χ1) is 7.99. The van der Waals surface area contributed by atoms with E-state index < -0.39 is 5.82 Å². The lowest BCUT2D eigenvalue weighted by Crippen LogP contribution is -2.03. The summed E-state index contributed by atoms with van der Waals surface area (Å²) in [5.74, 6) is 0.332. The molecule has 0 aliphatic rings. The number of carbonyl (C=O) groups excluding carboxylic acids is 1. The molecule has 0 fully saturated rings. The molecule has 0 bridgehead atoms. The van der Waals surface area contributed by atoms with Gasteiger partial charge in [0.2, 0.25) is 0 Å². The Hall–Kier alpha value is -2.10. The Morgan fingerprint density at radius 1 is 1.29 bits per heavy atom. The van der Waals surface area contributed by atoms with Crippen LogP contribution in [0.4, 0.5) is 10.1 Å². The van der Waals surface area contributed by atoms with Crippen LogP contribution in [0.2, 0.25) is 0 Å². The van der Waals surface area contributed by atoms with Gasteiger partial charge >= 0.3 is 0 Å². The summed E-state index contributed by atoms with van der Waals surface area (Å²) < 4.78 is 18.5. The second-order valence-corrected chi connectivity index (χ2v) is 3.89. The highest BCUT2D eigenvalue weighted by molar-refractivity contribution is 6.09. The van der Waals surface area contributed by atoms with Crippen molar-refractivity contribution in [3.63, 3.8) is 0 Å². The summed E-state index contributed by atoms with van der Waals surface area (Å²) in [4.78, 5) is 12.1. The van der Waals surface area contributed by atoms with E-state index in [2.05, 4.69) is 0 Å². The molecule has 2 aromatic rings. The van der Waals surface area contributed by atoms with E-state index in [0.717, 1.165) is 6.07 Å². The van der Waals surface area contributed by atoms with Gasteiger partial charge in [-0.2, -0.15) is 0 Å². The molecule has 0 atom stereocenters. The molecular weight excluding hydrogens is 221 g/mol. The van der Waals surface area contributed by atoms with Crippen LogP contribution in [-0.4, -0.2) is 5.78 Å². The molecule has 0 aliphatic heterocycles. The molecule has 0 aliphatic carbocycles. The number of nitrogens with two attached hydrogens (primary N) is 1. The predicted molar refractivity (Wildman–Crippen MR) is 62.4 cm³/mol. The van der Waals surface area contributed by atoms with E-state index in [9.17, 15) is 9.18 Å². The van der Waals surface area contributed by atoms with E-state index in [4.69, 9.17) is 10.2 Å². The van der Waals surface area contributed by atoms with Crippen molar-refractivity contribution in [3.8, 4) is 0 Å². The molecule has 0 unspecified atom stereocenters. The fraction of sp³-hybridized carbons (Fsp3) is 0.154. The number of carbonyl (C=O) groups is 1. The van der Waals surface area contributed by atoms with E-state index in [0.29, 0.717) is 17.1 Å². The molecule has 0 radical (unpaired) electrons. The molecule has 2 rings (SSSR count). The van der Waals surface area contributed by atoms with Gasteiger partial charge in [0.05, 0.1) is 11.3 Å². The Morgan fingerprint density at radius 2 is 2.00 bits per heavy atom. The van der Waals surface area contributed by atoms with Gasteiger partial charge in [-0.15, -0.1) is 0 Å². The number of halogens is 1. The third-order valence-corrected chi connectivity index (χ3v) is 2.55. The van der Waals surface area contributed by atoms with Gasteiger partial charge < -0.3 is 10.2 Å². The maximum absolute atomic E-state index is 13.3. The SMILES string of the molecule is Cc1cc(C(=O)c2ccc(N)c(F)c2)c(C)o1. The summed E-state index contributed by atoms with van der Waals surface area (Å²) in [6, 6.07) is 5.67. The number of anilines is 1. The Balaban J connectivity index is 2.44. The van der Waals surface area contributed by atoms with Gasteiger partial charge in [0, 0.05) is 5.56 Å². The van der Waals surface area contributed by atoms with E-state index in [1.165, 1.54) is 12.1 Å². The average molecular weight is 233 g/mol. The second kappa shape index (κ2) is 4.05. The highest BCUT2D eigenvalue weighted by atomic mass is 19.1. The standard InChI is InChI=1S/C13H12FNO2/c1-7-5-10(8(2)17-7)13(16)9-3-4-12(15)11(14)6-9/h3-6H,15H2,1-2H3. The number of aryl methyl sites for hydroxylation is 2. The number of rotatable bonds is 2. The van der Waals surface area contributed by atoms with Crippen molar-refractivity contribution in [1.29, 1.82) is 0 Å². The normalized spacial score (nSPS) is 10.5. The summed E-state index contributed by atoms with van der Waals surface area (Å²) >= 11 is 0. The van der Waals surface area contributed by atoms with Crippen LogP contribution in [0, 0.1) is 19.7 Å². The maximum Gasteiger partial charge on any atom is 0.196 e. The number of ketones is 1. The van der Waals surface area contributed by atoms with Crippen LogP contribution in [0.25, 0.3) is 0 Å². The molecule has 88 valence electrons. The third-order valence-electron chi connectivity index (χ3n) is 2.55. The molecular formula is C13H12FNO2. The summed E-state index contributed by atoms with van der Waals surface area (Å²) in [6.45, 7) is 3.46. The van der Waals surface area contributed by atoms with Crippen molar-refractivity contribution in [3.05, 3.63) is 52.7 Å². The van der Waals surface area contributed by atoms with Gasteiger partial charge in [-0.25, -0.2) is 4.39 Å². The fourth-order valence-corrected chi connectivity index (χ4v) is 1.68. The van der Waals surface area contributed by atoms with Gasteiger partial charge in [-0.3, -0.25) is 4.79 Å². The molecule has 0 saturated heterocycles. The minimum atomic E-state index is -0.589. The van der Waals surface area contributed by atoms with Gasteiger partial charge in [-0.1, -0.05) is 0 Å². The van der Waals surface area contributed by atoms with Crippen molar-refractivity contribution >= 4 is 11.5 Å². The number of benzene rings is 1. The topological polar surface area (TPSA) is 56.2 Å². The number of furan rings is 1. The molecule has 0 amide bonds. The van der Waals surface area contributed by atoms with Crippen LogP contribution in [0.5, 0.6) is 0 Å². The van der Waals surface area contributed by atoms with Crippen molar-refractivity contribution in [1.82, 2.24) is 0 Å². The number of hydrogen-bond acceptors (Lipinski definition) is 3. The molecule has 1 aromatic heterocycles. The van der Waals surface area contributed by atoms with E-state index >= 15 is 0 Å². The summed E-state index contributed by atoms with van der Waals surface area (Å²) in [7, 11) is 0. The molecule has 2 N–H and O–H groups in total. The molecule has 1 heterocycles. The molecule has 4 heteroatoms. The van der Waals surface area contributed by atoms with Crippen LogP contribution in [0.3, 0.4) is 0 Å². The van der Waals surface area contributed by atoms with Gasteiger partial charge in [0.15, 0.2) is 5.78 Å². The van der Waals surface area contributed by atoms with Crippen LogP contribution >= 0.6 is 0 Å². The largest absolute Gasteiger partial charge is 0.466 e. The molecule has 0 saturated carbocycles. The van der Waals surface area contributed by atoms with Crippen LogP contribution in [0.1, 0.15) is 27.4 Å². The number of hydrogen-bond donors (Lipinski definition) is 1. The first-order valence-electron chi connectivity index (χ1n) is 5.16. The monoisotopic (exact) mass is 233 g/mol. The zero-order valence-electron chi connectivity index (χ0n) is 9.58. The first-order valence-corrected chi connectivity index (χ1v) is 5.16. The minimum absolute atomic E-state index is 0.0293. The Kier molecular flexibility index (Phi) is 2.71. The number of nitrogen functional groups attached to an aromatic ring is 1. The lowest BCUT2D eigenvalue weighted by atomic mass is 10.0. The maximum atomic E-state index is 13.3. The van der Waals surface area contributed by atoms with Crippen molar-refractivity contribution in [2.24, 2.45) is 0 Å². The van der Waals surface area contributed by atoms with Crippen LogP contribution in [-0.2, 0) is 0 Å². The molecule has 3 nitrogen and oxygen atoms in total. The zero-order valence-corrected chi connectivity index (χ0v) is 9.58. The molecule has 0 spiro atoms. The van der Waals surface area contributed by atoms with Crippen molar-refractivity contribution in [2.45, 2.75) is 13.8 Å². The van der Waals surface area contributed by atoms with Crippen LogP contribution < -0.4 is 5.73 Å². The Morgan fingerprint density at radius 3 is 2.53 bits per heavy atom. The zero-order chi connectivity index (χ0) is 12.6. The van der Waals surface area contributed by atoms with Gasteiger partial charge in [0.25, 0.3) is 0 Å². The van der Waals surface area contributed by atoms with Crippen LogP contribution in [0.15, 0.2) is 28.7 Å². The fourth-order valence-electron chi connectivity index (χ4n) is 1.68. The Bertz CT molecular complexity index is 587. The lowest BCUT2D eigenvalue weighted by Gasteiger charge is -2.01. The van der Waals surface area contributed by atoms with Gasteiger partial charge in [0.1, 0.15) is 17.3 Å². The van der Waals surface area contributed by atoms with Gasteiger partial charge in [-0.05, 0) is 38.1 Å². The van der Waals surface area contributed by atoms with Crippen molar-refractivity contribution in [2.75, 3.05) is 5.73 Å². The highest BCUT2D eigenvalue weighted by Crippen LogP contribution is 2.20. The third kappa shape index (κ3) is 2.06. The summed E-state index contributed by atoms with van der Waals surface area (Å²) in [6.07, 6.45) is 0. The predicted octanol–water partition coefficient (Wildman–Crippen LogP) is 2.85. The van der Waals surface area contributed by atoms with E-state index in [1.807, 2.05) is 0 Å². The molecule has 1 aromatic carbocycles. The lowest BCUT2D eigenvalue weighted by molar-refractivity contribution is 0.103. The minimum Gasteiger partial charge on any atom is -0.466 e. The first kappa shape index (κ1) is 11.4. The second-order valence-electron chi connectivity index (χ2n) is 3.89. The smallest absolute Gasteiger partial charge is 0.196 e. The molecule has 17 heavy (non-hydrogen) atoms. The summed E-state index contributed by atoms with van der Waals surface area (Å²) in [5.41, 5.74) is 6.10. The van der Waals surface area contributed by atoms with E-state index in [1.54, 1.807) is 19.9 Å².